The average molecular weight is 323 g/mol. The number of benzene rings is 1. The van der Waals surface area contributed by atoms with Crippen molar-refractivity contribution in [2.75, 3.05) is 13.3 Å². The molecule has 1 aliphatic rings. The quantitative estimate of drug-likeness (QED) is 0.459. The van der Waals surface area contributed by atoms with Crippen LogP contribution in [0.5, 0.6) is 0 Å². The minimum atomic E-state index is -1.37. The summed E-state index contributed by atoms with van der Waals surface area (Å²) in [5.41, 5.74) is 0.924. The van der Waals surface area contributed by atoms with Gasteiger partial charge in [0.25, 0.3) is 0 Å². The second-order valence-corrected chi connectivity index (χ2v) is 5.14. The molecule has 0 spiro atoms. The van der Waals surface area contributed by atoms with Crippen LogP contribution >= 0.6 is 0 Å². The molecule has 23 heavy (non-hydrogen) atoms. The number of rotatable bonds is 6. The fourth-order valence-electron chi connectivity index (χ4n) is 2.40. The van der Waals surface area contributed by atoms with Crippen molar-refractivity contribution in [1.29, 1.82) is 0 Å². The Labute approximate surface area is 132 Å². The minimum absolute atomic E-state index is 0.0981. The highest BCUT2D eigenvalue weighted by Crippen LogP contribution is 2.24. The van der Waals surface area contributed by atoms with E-state index in [1.54, 1.807) is 0 Å². The van der Waals surface area contributed by atoms with Crippen molar-refractivity contribution in [3.63, 3.8) is 0 Å². The van der Waals surface area contributed by atoms with Crippen molar-refractivity contribution in [2.45, 2.75) is 19.1 Å². The molecule has 8 heteroatoms. The van der Waals surface area contributed by atoms with E-state index in [0.29, 0.717) is 0 Å². The van der Waals surface area contributed by atoms with Gasteiger partial charge in [0.1, 0.15) is 6.04 Å². The van der Waals surface area contributed by atoms with Gasteiger partial charge in [-0.05, 0) is 12.0 Å². The molecule has 0 aromatic heterocycles. The van der Waals surface area contributed by atoms with E-state index in [9.17, 15) is 14.4 Å². The van der Waals surface area contributed by atoms with Crippen LogP contribution in [0.4, 0.5) is 4.79 Å². The summed E-state index contributed by atoms with van der Waals surface area (Å²) in [5.74, 6) is -2.73. The van der Waals surface area contributed by atoms with Crippen molar-refractivity contribution in [1.82, 2.24) is 4.90 Å². The number of carbonyl (C=O) groups is 3. The van der Waals surface area contributed by atoms with Crippen molar-refractivity contribution in [3.8, 4) is 0 Å². The maximum Gasteiger partial charge on any atom is 0.408 e. The third-order valence-electron chi connectivity index (χ3n) is 3.56. The second-order valence-electron chi connectivity index (χ2n) is 5.14. The van der Waals surface area contributed by atoms with E-state index in [1.807, 2.05) is 30.3 Å². The first kappa shape index (κ1) is 16.8. The van der Waals surface area contributed by atoms with Gasteiger partial charge in [-0.3, -0.25) is 9.69 Å². The molecule has 1 saturated heterocycles. The average Bonchev–Trinajstić information content (AvgIpc) is 2.98. The predicted molar refractivity (Wildman–Crippen MR) is 76.5 cm³/mol. The molecule has 124 valence electrons. The van der Waals surface area contributed by atoms with E-state index in [2.05, 4.69) is 0 Å². The normalized spacial score (nSPS) is 20.3. The van der Waals surface area contributed by atoms with Crippen LogP contribution in [0.15, 0.2) is 30.3 Å². The van der Waals surface area contributed by atoms with Gasteiger partial charge < -0.3 is 19.7 Å². The highest BCUT2D eigenvalue weighted by Gasteiger charge is 2.43. The summed E-state index contributed by atoms with van der Waals surface area (Å²) in [5, 5.41) is 17.9. The lowest BCUT2D eigenvalue weighted by molar-refractivity contribution is -0.161. The van der Waals surface area contributed by atoms with Crippen LogP contribution in [0.1, 0.15) is 12.0 Å². The lowest BCUT2D eigenvalue weighted by atomic mass is 10.1. The van der Waals surface area contributed by atoms with Gasteiger partial charge in [-0.1, -0.05) is 30.3 Å². The molecule has 1 aromatic rings. The molecule has 1 aliphatic heterocycles. The molecule has 2 unspecified atom stereocenters. The molecule has 8 nitrogen and oxygen atoms in total. The Morgan fingerprint density at radius 2 is 1.87 bits per heavy atom. The summed E-state index contributed by atoms with van der Waals surface area (Å²) >= 11 is 0. The molecular weight excluding hydrogens is 306 g/mol. The van der Waals surface area contributed by atoms with Gasteiger partial charge in [0, 0.05) is 6.54 Å². The van der Waals surface area contributed by atoms with Crippen LogP contribution in [-0.2, 0) is 25.7 Å². The molecule has 2 atom stereocenters. The van der Waals surface area contributed by atoms with Gasteiger partial charge >= 0.3 is 18.0 Å². The van der Waals surface area contributed by atoms with E-state index in [0.717, 1.165) is 10.5 Å². The molecule has 1 amide bonds. The van der Waals surface area contributed by atoms with Crippen LogP contribution in [0, 0.1) is 5.92 Å². The van der Waals surface area contributed by atoms with Crippen molar-refractivity contribution in [2.24, 2.45) is 5.92 Å². The van der Waals surface area contributed by atoms with Crippen molar-refractivity contribution >= 4 is 18.0 Å². The molecule has 1 heterocycles. The Morgan fingerprint density at radius 1 is 1.17 bits per heavy atom. The maximum atomic E-state index is 11.9. The largest absolute Gasteiger partial charge is 0.480 e. The Hall–Kier alpha value is -2.61. The van der Waals surface area contributed by atoms with E-state index in [1.165, 1.54) is 0 Å². The fraction of sp³-hybridized carbons (Fsp3) is 0.400. The zero-order valence-corrected chi connectivity index (χ0v) is 12.3. The topological polar surface area (TPSA) is 113 Å². The van der Waals surface area contributed by atoms with Crippen LogP contribution in [0.2, 0.25) is 0 Å². The first-order valence-electron chi connectivity index (χ1n) is 6.99. The number of ether oxygens (including phenoxy) is 2. The standard InChI is InChI=1S/C15H17NO7/c17-13(18)12-6-11(7-16(12)15(20)21)14(19)23-9-22-8-10-4-2-1-3-5-10/h1-5,11-12H,6-9H2,(H,17,18)(H,20,21). The number of aliphatic carboxylic acids is 1. The first-order chi connectivity index (χ1) is 11.0. The van der Waals surface area contributed by atoms with E-state index in [4.69, 9.17) is 19.7 Å². The highest BCUT2D eigenvalue weighted by atomic mass is 16.7. The van der Waals surface area contributed by atoms with Crippen molar-refractivity contribution in [3.05, 3.63) is 35.9 Å². The number of esters is 1. The lowest BCUT2D eigenvalue weighted by Gasteiger charge is -2.16. The minimum Gasteiger partial charge on any atom is -0.480 e. The van der Waals surface area contributed by atoms with E-state index in [-0.39, 0.29) is 26.4 Å². The molecular formula is C15H17NO7. The molecule has 0 bridgehead atoms. The Balaban J connectivity index is 1.77. The fourth-order valence-corrected chi connectivity index (χ4v) is 2.40. The molecule has 0 radical (unpaired) electrons. The van der Waals surface area contributed by atoms with Crippen molar-refractivity contribution < 1.29 is 34.1 Å². The van der Waals surface area contributed by atoms with Gasteiger partial charge in [0.15, 0.2) is 6.79 Å². The Kier molecular flexibility index (Phi) is 5.53. The smallest absolute Gasteiger partial charge is 0.408 e. The number of likely N-dealkylation sites (tertiary alicyclic amines) is 1. The highest BCUT2D eigenvalue weighted by molar-refractivity contribution is 5.83. The number of nitrogens with zero attached hydrogens (tertiary/aromatic N) is 1. The number of carbonyl (C=O) groups excluding carboxylic acids is 1. The van der Waals surface area contributed by atoms with Gasteiger partial charge in [0.05, 0.1) is 12.5 Å². The molecule has 0 saturated carbocycles. The summed E-state index contributed by atoms with van der Waals surface area (Å²) in [6.07, 6.45) is -1.47. The number of carboxylic acids is 1. The molecule has 1 aromatic carbocycles. The van der Waals surface area contributed by atoms with Gasteiger partial charge in [0.2, 0.25) is 0 Å². The van der Waals surface area contributed by atoms with Crippen LogP contribution in [0.25, 0.3) is 0 Å². The first-order valence-corrected chi connectivity index (χ1v) is 6.99. The summed E-state index contributed by atoms with van der Waals surface area (Å²) in [7, 11) is 0. The third kappa shape index (κ3) is 4.43. The number of amides is 1. The summed E-state index contributed by atoms with van der Waals surface area (Å²) in [6, 6.07) is 8.08. The van der Waals surface area contributed by atoms with Crippen LogP contribution in [-0.4, -0.2) is 52.5 Å². The summed E-state index contributed by atoms with van der Waals surface area (Å²) in [6.45, 7) is -0.184. The molecule has 2 N–H and O–H groups in total. The second kappa shape index (κ2) is 7.59. The number of hydrogen-bond donors (Lipinski definition) is 2. The monoisotopic (exact) mass is 323 g/mol. The SMILES string of the molecule is O=C(OCOCc1ccccc1)C1CC(C(=O)O)N(C(=O)O)C1. The molecule has 1 fully saturated rings. The lowest BCUT2D eigenvalue weighted by Crippen LogP contribution is -2.39. The third-order valence-corrected chi connectivity index (χ3v) is 3.56. The van der Waals surface area contributed by atoms with Crippen LogP contribution in [0.3, 0.4) is 0 Å². The summed E-state index contributed by atoms with van der Waals surface area (Å²) in [4.78, 5) is 34.6. The van der Waals surface area contributed by atoms with Gasteiger partial charge in [-0.2, -0.15) is 0 Å². The zero-order valence-electron chi connectivity index (χ0n) is 12.3. The maximum absolute atomic E-state index is 11.9. The number of hydrogen-bond acceptors (Lipinski definition) is 5. The number of carboxylic acid groups (broad SMARTS) is 2. The summed E-state index contributed by atoms with van der Waals surface area (Å²) < 4.78 is 10.1. The zero-order chi connectivity index (χ0) is 16.8. The van der Waals surface area contributed by atoms with E-state index < -0.39 is 30.0 Å². The Morgan fingerprint density at radius 3 is 2.43 bits per heavy atom. The molecule has 2 rings (SSSR count). The van der Waals surface area contributed by atoms with Crippen LogP contribution < -0.4 is 0 Å². The van der Waals surface area contributed by atoms with Gasteiger partial charge in [-0.25, -0.2) is 9.59 Å². The predicted octanol–water partition coefficient (Wildman–Crippen LogP) is 1.16. The molecule has 0 aliphatic carbocycles. The van der Waals surface area contributed by atoms with Gasteiger partial charge in [-0.15, -0.1) is 0 Å². The van der Waals surface area contributed by atoms with E-state index >= 15 is 0 Å². The Bertz CT molecular complexity index is 552.